The van der Waals surface area contributed by atoms with Gasteiger partial charge in [-0.05, 0) is 18.8 Å². The highest BCUT2D eigenvalue weighted by atomic mass is 16.2. The molecule has 17 heavy (non-hydrogen) atoms. The number of nitrogens with one attached hydrogen (secondary N) is 1. The Balaban J connectivity index is 1.91. The molecule has 2 aliphatic heterocycles. The highest BCUT2D eigenvalue weighted by Gasteiger charge is 2.33. The maximum Gasteiger partial charge on any atom is 0.222 e. The molecule has 1 amide bonds. The lowest BCUT2D eigenvalue weighted by atomic mass is 9.87. The molecule has 98 valence electrons. The summed E-state index contributed by atoms with van der Waals surface area (Å²) in [6.07, 6.45) is 2.90. The van der Waals surface area contributed by atoms with Gasteiger partial charge in [-0.15, -0.1) is 0 Å². The molecule has 0 aliphatic carbocycles. The van der Waals surface area contributed by atoms with Gasteiger partial charge >= 0.3 is 0 Å². The highest BCUT2D eigenvalue weighted by molar-refractivity contribution is 5.77. The van der Waals surface area contributed by atoms with Crippen LogP contribution in [0.1, 0.15) is 26.2 Å². The third-order valence-corrected chi connectivity index (χ3v) is 4.28. The van der Waals surface area contributed by atoms with Gasteiger partial charge in [0, 0.05) is 52.2 Å². The standard InChI is InChI=1S/C13H25N3O/c1-3-12-11(4-5-13(17)15(12)2)10-16-8-6-14-7-9-16/h11-12,14H,3-10H2,1-2H3/t11-,12-/m1/s1. The second kappa shape index (κ2) is 5.83. The number of amides is 1. The molecule has 2 fully saturated rings. The Kier molecular flexibility index (Phi) is 4.40. The fourth-order valence-corrected chi connectivity index (χ4v) is 3.22. The summed E-state index contributed by atoms with van der Waals surface area (Å²) in [7, 11) is 1.97. The van der Waals surface area contributed by atoms with Gasteiger partial charge in [-0.1, -0.05) is 6.92 Å². The van der Waals surface area contributed by atoms with E-state index in [4.69, 9.17) is 0 Å². The predicted octanol–water partition coefficient (Wildman–Crippen LogP) is 0.539. The first-order valence-corrected chi connectivity index (χ1v) is 6.91. The number of likely N-dealkylation sites (tertiary alicyclic amines) is 1. The average Bonchev–Trinajstić information content (AvgIpc) is 2.36. The number of hydrogen-bond acceptors (Lipinski definition) is 3. The Morgan fingerprint density at radius 1 is 1.35 bits per heavy atom. The van der Waals surface area contributed by atoms with E-state index in [1.54, 1.807) is 0 Å². The predicted molar refractivity (Wildman–Crippen MR) is 68.9 cm³/mol. The van der Waals surface area contributed by atoms with E-state index in [1.807, 2.05) is 11.9 Å². The Labute approximate surface area is 104 Å². The molecule has 4 heteroatoms. The van der Waals surface area contributed by atoms with Gasteiger partial charge in [0.05, 0.1) is 0 Å². The summed E-state index contributed by atoms with van der Waals surface area (Å²) in [6, 6.07) is 0.450. The number of carbonyl (C=O) groups excluding carboxylic acids is 1. The zero-order chi connectivity index (χ0) is 12.3. The van der Waals surface area contributed by atoms with Gasteiger partial charge in [0.15, 0.2) is 0 Å². The topological polar surface area (TPSA) is 35.6 Å². The summed E-state index contributed by atoms with van der Waals surface area (Å²) in [6.45, 7) is 7.90. The summed E-state index contributed by atoms with van der Waals surface area (Å²) >= 11 is 0. The van der Waals surface area contributed by atoms with Crippen LogP contribution in [0.2, 0.25) is 0 Å². The summed E-state index contributed by atoms with van der Waals surface area (Å²) < 4.78 is 0. The molecule has 2 aliphatic rings. The minimum atomic E-state index is 0.327. The van der Waals surface area contributed by atoms with E-state index in [1.165, 1.54) is 0 Å². The third-order valence-electron chi connectivity index (χ3n) is 4.28. The normalized spacial score (nSPS) is 31.9. The van der Waals surface area contributed by atoms with Crippen LogP contribution in [-0.4, -0.2) is 61.5 Å². The van der Waals surface area contributed by atoms with Gasteiger partial charge in [0.25, 0.3) is 0 Å². The van der Waals surface area contributed by atoms with E-state index in [0.29, 0.717) is 17.9 Å². The van der Waals surface area contributed by atoms with E-state index >= 15 is 0 Å². The fraction of sp³-hybridized carbons (Fsp3) is 0.923. The van der Waals surface area contributed by atoms with Crippen LogP contribution in [0.4, 0.5) is 0 Å². The first kappa shape index (κ1) is 12.8. The van der Waals surface area contributed by atoms with Crippen molar-refractivity contribution in [2.45, 2.75) is 32.2 Å². The second-order valence-corrected chi connectivity index (χ2v) is 5.33. The van der Waals surface area contributed by atoms with Crippen LogP contribution in [0.3, 0.4) is 0 Å². The lowest BCUT2D eigenvalue weighted by Gasteiger charge is -2.41. The zero-order valence-electron chi connectivity index (χ0n) is 11.1. The lowest BCUT2D eigenvalue weighted by Crippen LogP contribution is -2.52. The van der Waals surface area contributed by atoms with Crippen molar-refractivity contribution in [2.75, 3.05) is 39.8 Å². The van der Waals surface area contributed by atoms with E-state index < -0.39 is 0 Å². The first-order valence-electron chi connectivity index (χ1n) is 6.91. The van der Waals surface area contributed by atoms with Gasteiger partial charge in [-0.3, -0.25) is 4.79 Å². The molecule has 0 bridgehead atoms. The maximum absolute atomic E-state index is 11.7. The number of rotatable bonds is 3. The number of piperidine rings is 1. The molecule has 2 saturated heterocycles. The molecule has 0 unspecified atom stereocenters. The van der Waals surface area contributed by atoms with Gasteiger partial charge < -0.3 is 15.1 Å². The Morgan fingerprint density at radius 2 is 2.06 bits per heavy atom. The molecule has 0 aromatic rings. The monoisotopic (exact) mass is 239 g/mol. The van der Waals surface area contributed by atoms with Crippen LogP contribution in [0.25, 0.3) is 0 Å². The number of hydrogen-bond donors (Lipinski definition) is 1. The van der Waals surface area contributed by atoms with Crippen LogP contribution in [0.5, 0.6) is 0 Å². The Morgan fingerprint density at radius 3 is 2.71 bits per heavy atom. The van der Waals surface area contributed by atoms with Gasteiger partial charge in [0.1, 0.15) is 0 Å². The molecule has 2 heterocycles. The molecule has 0 radical (unpaired) electrons. The minimum Gasteiger partial charge on any atom is -0.342 e. The lowest BCUT2D eigenvalue weighted by molar-refractivity contribution is -0.137. The van der Waals surface area contributed by atoms with Crippen LogP contribution >= 0.6 is 0 Å². The van der Waals surface area contributed by atoms with Crippen molar-refractivity contribution in [3.8, 4) is 0 Å². The van der Waals surface area contributed by atoms with Crippen molar-refractivity contribution in [1.29, 1.82) is 0 Å². The molecule has 2 atom stereocenters. The summed E-state index contributed by atoms with van der Waals surface area (Å²) in [4.78, 5) is 16.2. The molecular formula is C13H25N3O. The molecule has 1 N–H and O–H groups in total. The molecule has 2 rings (SSSR count). The van der Waals surface area contributed by atoms with Crippen molar-refractivity contribution < 1.29 is 4.79 Å². The molecule has 0 aromatic carbocycles. The number of carbonyl (C=O) groups is 1. The smallest absolute Gasteiger partial charge is 0.222 e. The van der Waals surface area contributed by atoms with Gasteiger partial charge in [0.2, 0.25) is 5.91 Å². The average molecular weight is 239 g/mol. The number of nitrogens with zero attached hydrogens (tertiary/aromatic N) is 2. The van der Waals surface area contributed by atoms with E-state index in [0.717, 1.165) is 52.0 Å². The first-order chi connectivity index (χ1) is 8.22. The number of piperazine rings is 1. The summed E-state index contributed by atoms with van der Waals surface area (Å²) in [5.41, 5.74) is 0. The van der Waals surface area contributed by atoms with Crippen LogP contribution in [0, 0.1) is 5.92 Å². The Bertz CT molecular complexity index is 263. The zero-order valence-corrected chi connectivity index (χ0v) is 11.1. The second-order valence-electron chi connectivity index (χ2n) is 5.33. The van der Waals surface area contributed by atoms with Crippen molar-refractivity contribution in [1.82, 2.24) is 15.1 Å². The molecule has 0 saturated carbocycles. The quantitative estimate of drug-likeness (QED) is 0.781. The van der Waals surface area contributed by atoms with Crippen molar-refractivity contribution >= 4 is 5.91 Å². The third kappa shape index (κ3) is 2.99. The van der Waals surface area contributed by atoms with E-state index in [-0.39, 0.29) is 0 Å². The molecular weight excluding hydrogens is 214 g/mol. The molecule has 4 nitrogen and oxygen atoms in total. The van der Waals surface area contributed by atoms with Crippen LogP contribution in [0.15, 0.2) is 0 Å². The molecule has 0 aromatic heterocycles. The van der Waals surface area contributed by atoms with E-state index in [9.17, 15) is 4.79 Å². The van der Waals surface area contributed by atoms with Crippen LogP contribution < -0.4 is 5.32 Å². The summed E-state index contributed by atoms with van der Waals surface area (Å²) in [5, 5.41) is 3.39. The van der Waals surface area contributed by atoms with Gasteiger partial charge in [-0.25, -0.2) is 0 Å². The van der Waals surface area contributed by atoms with Crippen LogP contribution in [-0.2, 0) is 4.79 Å². The van der Waals surface area contributed by atoms with Crippen molar-refractivity contribution in [2.24, 2.45) is 5.92 Å². The van der Waals surface area contributed by atoms with E-state index in [2.05, 4.69) is 17.1 Å². The SMILES string of the molecule is CC[C@@H]1[C@@H](CN2CCNCC2)CCC(=O)N1C. The van der Waals surface area contributed by atoms with Gasteiger partial charge in [-0.2, -0.15) is 0 Å². The molecule has 0 spiro atoms. The summed E-state index contributed by atoms with van der Waals surface area (Å²) in [5.74, 6) is 0.995. The maximum atomic E-state index is 11.7. The minimum absolute atomic E-state index is 0.327. The van der Waals surface area contributed by atoms with Crippen molar-refractivity contribution in [3.05, 3.63) is 0 Å². The Hall–Kier alpha value is -0.610. The largest absolute Gasteiger partial charge is 0.342 e. The highest BCUT2D eigenvalue weighted by Crippen LogP contribution is 2.26. The van der Waals surface area contributed by atoms with Crippen molar-refractivity contribution in [3.63, 3.8) is 0 Å². The fourth-order valence-electron chi connectivity index (χ4n) is 3.22.